The number of nitrogen functional groups attached to an aromatic ring is 1. The van der Waals surface area contributed by atoms with Crippen LogP contribution in [0.5, 0.6) is 0 Å². The van der Waals surface area contributed by atoms with Gasteiger partial charge in [0.1, 0.15) is 5.76 Å². The number of rotatable bonds is 3. The normalized spacial score (nSPS) is 21.9. The smallest absolute Gasteiger partial charge is 0.219 e. The monoisotopic (exact) mass is 484 g/mol. The van der Waals surface area contributed by atoms with E-state index in [0.717, 1.165) is 63.6 Å². The van der Waals surface area contributed by atoms with Crippen molar-refractivity contribution in [2.75, 3.05) is 5.73 Å². The molecule has 2 N–H and O–H groups in total. The molecule has 2 saturated heterocycles. The number of piperidine rings is 1. The lowest BCUT2D eigenvalue weighted by molar-refractivity contribution is -0.133. The summed E-state index contributed by atoms with van der Waals surface area (Å²) >= 11 is 1.64. The molecule has 7 rings (SSSR count). The van der Waals surface area contributed by atoms with Gasteiger partial charge in [0.15, 0.2) is 11.4 Å². The highest BCUT2D eigenvalue weighted by Crippen LogP contribution is 2.43. The van der Waals surface area contributed by atoms with Crippen LogP contribution in [0.15, 0.2) is 52.9 Å². The number of furan rings is 1. The number of nitrogens with two attached hydrogens (primary N) is 1. The van der Waals surface area contributed by atoms with Crippen molar-refractivity contribution < 1.29 is 9.21 Å². The van der Waals surface area contributed by atoms with Crippen LogP contribution in [0.25, 0.3) is 43.5 Å². The Hall–Kier alpha value is -3.72. The van der Waals surface area contributed by atoms with Gasteiger partial charge in [-0.3, -0.25) is 14.5 Å². The number of aromatic nitrogens is 4. The summed E-state index contributed by atoms with van der Waals surface area (Å²) in [6.07, 6.45) is 13.5. The van der Waals surface area contributed by atoms with E-state index in [4.69, 9.17) is 15.2 Å². The third-order valence-corrected chi connectivity index (χ3v) is 8.52. The summed E-state index contributed by atoms with van der Waals surface area (Å²) in [6.45, 7) is 1.69. The Labute approximate surface area is 205 Å². The minimum atomic E-state index is 0.192. The van der Waals surface area contributed by atoms with Gasteiger partial charge in [0.2, 0.25) is 5.91 Å². The molecule has 2 aliphatic heterocycles. The molecule has 8 nitrogen and oxygen atoms in total. The van der Waals surface area contributed by atoms with E-state index in [1.165, 1.54) is 0 Å². The standard InChI is InChI=1S/C26H24N6O2S/c1-14(33)32-16-2-3-17(32)7-18(6-16)31-12-15(9-30-31)21-10-29-26(27)25-20(21)8-23(34-25)22-13-35-24-11-28-5-4-19(22)24/h4-5,8-13,16-18H,2-3,6-7H2,1H3,(H2,27,29). The zero-order chi connectivity index (χ0) is 23.7. The highest BCUT2D eigenvalue weighted by molar-refractivity contribution is 7.17. The van der Waals surface area contributed by atoms with Gasteiger partial charge in [0.05, 0.1) is 16.9 Å². The lowest BCUT2D eigenvalue weighted by Crippen LogP contribution is -2.45. The molecule has 2 atom stereocenters. The molecule has 0 saturated carbocycles. The second kappa shape index (κ2) is 7.64. The number of fused-ring (bicyclic) bond motifs is 4. The number of nitrogens with zero attached hydrogens (tertiary/aromatic N) is 5. The predicted octanol–water partition coefficient (Wildman–Crippen LogP) is 5.26. The zero-order valence-electron chi connectivity index (χ0n) is 19.2. The molecule has 176 valence electrons. The fourth-order valence-corrected chi connectivity index (χ4v) is 6.95. The molecular formula is C26H24N6O2S. The maximum Gasteiger partial charge on any atom is 0.219 e. The van der Waals surface area contributed by atoms with Gasteiger partial charge in [-0.2, -0.15) is 5.10 Å². The van der Waals surface area contributed by atoms with Gasteiger partial charge >= 0.3 is 0 Å². The van der Waals surface area contributed by atoms with Crippen LogP contribution in [0.2, 0.25) is 0 Å². The minimum Gasteiger partial charge on any atom is -0.452 e. The van der Waals surface area contributed by atoms with Crippen molar-refractivity contribution in [3.8, 4) is 22.5 Å². The molecule has 0 radical (unpaired) electrons. The quantitative estimate of drug-likeness (QED) is 0.374. The van der Waals surface area contributed by atoms with Gasteiger partial charge in [0, 0.05) is 76.6 Å². The maximum absolute atomic E-state index is 12.1. The van der Waals surface area contributed by atoms with Gasteiger partial charge < -0.3 is 15.1 Å². The molecule has 35 heavy (non-hydrogen) atoms. The van der Waals surface area contributed by atoms with Crippen LogP contribution in [0.3, 0.4) is 0 Å². The van der Waals surface area contributed by atoms with Crippen molar-refractivity contribution >= 4 is 44.1 Å². The summed E-state index contributed by atoms with van der Waals surface area (Å²) in [5, 5.41) is 8.85. The first-order valence-electron chi connectivity index (χ1n) is 11.9. The van der Waals surface area contributed by atoms with Gasteiger partial charge in [-0.25, -0.2) is 4.98 Å². The van der Waals surface area contributed by atoms with E-state index < -0.39 is 0 Å². The van der Waals surface area contributed by atoms with Crippen LogP contribution >= 0.6 is 11.3 Å². The van der Waals surface area contributed by atoms with Crippen LogP contribution in [0.4, 0.5) is 5.82 Å². The summed E-state index contributed by atoms with van der Waals surface area (Å²) in [5.74, 6) is 1.33. The summed E-state index contributed by atoms with van der Waals surface area (Å²) in [4.78, 5) is 22.8. The highest BCUT2D eigenvalue weighted by Gasteiger charge is 2.42. The van der Waals surface area contributed by atoms with E-state index in [9.17, 15) is 4.79 Å². The topological polar surface area (TPSA) is 103 Å². The largest absolute Gasteiger partial charge is 0.452 e. The molecule has 0 aliphatic carbocycles. The molecule has 7 heterocycles. The molecular weight excluding hydrogens is 460 g/mol. The molecule has 5 aromatic heterocycles. The third kappa shape index (κ3) is 3.18. The molecule has 9 heteroatoms. The van der Waals surface area contributed by atoms with Crippen LogP contribution in [-0.4, -0.2) is 42.6 Å². The Balaban J connectivity index is 1.25. The Bertz CT molecular complexity index is 1590. The molecule has 2 unspecified atom stereocenters. The van der Waals surface area contributed by atoms with E-state index >= 15 is 0 Å². The first kappa shape index (κ1) is 20.6. The number of amides is 1. The predicted molar refractivity (Wildman–Crippen MR) is 136 cm³/mol. The van der Waals surface area contributed by atoms with Crippen LogP contribution in [0, 0.1) is 0 Å². The number of carbonyl (C=O) groups is 1. The first-order valence-corrected chi connectivity index (χ1v) is 12.8. The Morgan fingerprint density at radius 2 is 1.94 bits per heavy atom. The summed E-state index contributed by atoms with van der Waals surface area (Å²) in [7, 11) is 0. The van der Waals surface area contributed by atoms with Gasteiger partial charge in [-0.1, -0.05) is 0 Å². The number of hydrogen-bond acceptors (Lipinski definition) is 7. The molecule has 2 fully saturated rings. The molecule has 2 aliphatic rings. The van der Waals surface area contributed by atoms with Gasteiger partial charge in [-0.15, -0.1) is 11.3 Å². The van der Waals surface area contributed by atoms with Crippen LogP contribution in [-0.2, 0) is 4.79 Å². The number of carbonyl (C=O) groups excluding carboxylic acids is 1. The molecule has 2 bridgehead atoms. The van der Waals surface area contributed by atoms with E-state index in [-0.39, 0.29) is 5.91 Å². The van der Waals surface area contributed by atoms with Crippen molar-refractivity contribution in [1.82, 2.24) is 24.6 Å². The van der Waals surface area contributed by atoms with E-state index in [0.29, 0.717) is 29.5 Å². The summed E-state index contributed by atoms with van der Waals surface area (Å²) in [6, 6.07) is 4.99. The summed E-state index contributed by atoms with van der Waals surface area (Å²) < 4.78 is 9.42. The minimum absolute atomic E-state index is 0.192. The van der Waals surface area contributed by atoms with E-state index in [1.807, 2.05) is 24.5 Å². The van der Waals surface area contributed by atoms with Crippen molar-refractivity contribution in [2.24, 2.45) is 0 Å². The lowest BCUT2D eigenvalue weighted by atomic mass is 9.97. The first-order chi connectivity index (χ1) is 17.1. The fraction of sp³-hybridized carbons (Fsp3) is 0.308. The second-order valence-corrected chi connectivity index (χ2v) is 10.5. The van der Waals surface area contributed by atoms with E-state index in [2.05, 4.69) is 31.1 Å². The number of hydrogen-bond donors (Lipinski definition) is 1. The third-order valence-electron chi connectivity index (χ3n) is 7.59. The average Bonchev–Trinajstić information content (AvgIpc) is 3.63. The van der Waals surface area contributed by atoms with Crippen molar-refractivity contribution in [3.63, 3.8) is 0 Å². The average molecular weight is 485 g/mol. The SMILES string of the molecule is CC(=O)N1C2CCC1CC(n1cc(-c3cnc(N)c4oc(-c5csc6cnccc56)cc34)cn1)C2. The second-order valence-electron chi connectivity index (χ2n) is 9.58. The molecule has 5 aromatic rings. The van der Waals surface area contributed by atoms with Crippen molar-refractivity contribution in [3.05, 3.63) is 48.5 Å². The van der Waals surface area contributed by atoms with Crippen LogP contribution < -0.4 is 5.73 Å². The molecule has 0 spiro atoms. The molecule has 1 amide bonds. The fourth-order valence-electron chi connectivity index (χ4n) is 6.03. The van der Waals surface area contributed by atoms with Crippen LogP contribution in [0.1, 0.15) is 38.6 Å². The summed E-state index contributed by atoms with van der Waals surface area (Å²) in [5.41, 5.74) is 9.76. The van der Waals surface area contributed by atoms with Crippen molar-refractivity contribution in [2.45, 2.75) is 50.7 Å². The molecule has 0 aromatic carbocycles. The number of thiophene rings is 1. The zero-order valence-corrected chi connectivity index (χ0v) is 20.0. The highest BCUT2D eigenvalue weighted by atomic mass is 32.1. The Morgan fingerprint density at radius 3 is 2.74 bits per heavy atom. The number of anilines is 1. The Morgan fingerprint density at radius 1 is 1.11 bits per heavy atom. The van der Waals surface area contributed by atoms with Gasteiger partial charge in [-0.05, 0) is 37.8 Å². The van der Waals surface area contributed by atoms with E-state index in [1.54, 1.807) is 30.7 Å². The number of pyridine rings is 2. The Kier molecular flexibility index (Phi) is 4.51. The lowest BCUT2D eigenvalue weighted by Gasteiger charge is -2.38. The maximum atomic E-state index is 12.1. The van der Waals surface area contributed by atoms with Crippen molar-refractivity contribution in [1.29, 1.82) is 0 Å². The van der Waals surface area contributed by atoms with Gasteiger partial charge in [0.25, 0.3) is 0 Å².